The van der Waals surface area contributed by atoms with Crippen LogP contribution in [0, 0.1) is 0 Å². The van der Waals surface area contributed by atoms with Gasteiger partial charge in [-0.2, -0.15) is 0 Å². The lowest BCUT2D eigenvalue weighted by molar-refractivity contribution is 0.409. The third-order valence-electron chi connectivity index (χ3n) is 1.78. The highest BCUT2D eigenvalue weighted by Gasteiger charge is 2.09. The molecular weight excluding hydrogens is 251 g/mol. The lowest BCUT2D eigenvalue weighted by atomic mass is 10.1. The molecule has 0 heterocycles. The van der Waals surface area contributed by atoms with Gasteiger partial charge < -0.3 is 4.74 Å². The number of hydrogen-bond donors (Lipinski definition) is 0. The van der Waals surface area contributed by atoms with Crippen molar-refractivity contribution in [2.24, 2.45) is 0 Å². The fourth-order valence-electron chi connectivity index (χ4n) is 1.21. The van der Waals surface area contributed by atoms with Crippen molar-refractivity contribution in [3.63, 3.8) is 0 Å². The first-order valence-electron chi connectivity index (χ1n) is 4.10. The highest BCUT2D eigenvalue weighted by molar-refractivity contribution is 9.09. The van der Waals surface area contributed by atoms with Crippen LogP contribution in [0.25, 0.3) is 0 Å². The van der Waals surface area contributed by atoms with Crippen molar-refractivity contribution < 1.29 is 4.74 Å². The van der Waals surface area contributed by atoms with Crippen LogP contribution in [0.4, 0.5) is 0 Å². The van der Waals surface area contributed by atoms with Crippen molar-refractivity contribution in [3.05, 3.63) is 28.8 Å². The van der Waals surface area contributed by atoms with Crippen LogP contribution in [-0.4, -0.2) is 11.9 Å². The summed E-state index contributed by atoms with van der Waals surface area (Å²) in [5.41, 5.74) is 1.07. The number of ether oxygens (including phenoxy) is 1. The SMILES string of the molecule is COc1cccc(Cl)c1CC(C)Br. The van der Waals surface area contributed by atoms with Crippen LogP contribution >= 0.6 is 27.5 Å². The van der Waals surface area contributed by atoms with Gasteiger partial charge in [0.1, 0.15) is 5.75 Å². The van der Waals surface area contributed by atoms with Crippen molar-refractivity contribution in [1.29, 1.82) is 0 Å². The highest BCUT2D eigenvalue weighted by atomic mass is 79.9. The number of halogens is 2. The van der Waals surface area contributed by atoms with E-state index < -0.39 is 0 Å². The molecule has 0 spiro atoms. The Bertz CT molecular complexity index is 286. The molecule has 0 aromatic heterocycles. The monoisotopic (exact) mass is 262 g/mol. The average Bonchev–Trinajstić information content (AvgIpc) is 2.08. The smallest absolute Gasteiger partial charge is 0.123 e. The Kier molecular flexibility index (Phi) is 4.07. The first kappa shape index (κ1) is 10.9. The minimum atomic E-state index is 0.404. The molecular formula is C10H12BrClO. The van der Waals surface area contributed by atoms with Gasteiger partial charge in [-0.3, -0.25) is 0 Å². The molecule has 72 valence electrons. The molecule has 0 aliphatic heterocycles. The molecule has 1 nitrogen and oxygen atoms in total. The zero-order chi connectivity index (χ0) is 9.84. The van der Waals surface area contributed by atoms with E-state index in [1.807, 2.05) is 18.2 Å². The van der Waals surface area contributed by atoms with Crippen molar-refractivity contribution >= 4 is 27.5 Å². The third-order valence-corrected chi connectivity index (χ3v) is 2.46. The van der Waals surface area contributed by atoms with Gasteiger partial charge in [0.05, 0.1) is 7.11 Å². The van der Waals surface area contributed by atoms with Gasteiger partial charge in [-0.1, -0.05) is 40.5 Å². The van der Waals surface area contributed by atoms with Gasteiger partial charge in [-0.15, -0.1) is 0 Å². The maximum absolute atomic E-state index is 6.05. The summed E-state index contributed by atoms with van der Waals surface area (Å²) in [6, 6.07) is 5.70. The molecule has 0 fully saturated rings. The van der Waals surface area contributed by atoms with Gasteiger partial charge in [0, 0.05) is 15.4 Å². The van der Waals surface area contributed by atoms with Crippen molar-refractivity contribution in [3.8, 4) is 5.75 Å². The van der Waals surface area contributed by atoms with E-state index in [-0.39, 0.29) is 0 Å². The predicted octanol–water partition coefficient (Wildman–Crippen LogP) is 3.67. The summed E-state index contributed by atoms with van der Waals surface area (Å²) >= 11 is 9.55. The molecule has 3 heteroatoms. The second-order valence-electron chi connectivity index (χ2n) is 2.91. The summed E-state index contributed by atoms with van der Waals surface area (Å²) in [7, 11) is 1.66. The summed E-state index contributed by atoms with van der Waals surface area (Å²) < 4.78 is 5.22. The second-order valence-corrected chi connectivity index (χ2v) is 4.88. The molecule has 0 saturated heterocycles. The molecule has 0 amide bonds. The average molecular weight is 264 g/mol. The van der Waals surface area contributed by atoms with E-state index >= 15 is 0 Å². The molecule has 1 unspecified atom stereocenters. The summed E-state index contributed by atoms with van der Waals surface area (Å²) in [6.45, 7) is 2.09. The van der Waals surface area contributed by atoms with E-state index in [1.165, 1.54) is 0 Å². The number of rotatable bonds is 3. The standard InChI is InChI=1S/C10H12BrClO/c1-7(11)6-8-9(12)4-3-5-10(8)13-2/h3-5,7H,6H2,1-2H3. The van der Waals surface area contributed by atoms with Gasteiger partial charge >= 0.3 is 0 Å². The van der Waals surface area contributed by atoms with E-state index in [9.17, 15) is 0 Å². The Labute approximate surface area is 92.2 Å². The van der Waals surface area contributed by atoms with Crippen LogP contribution in [0.2, 0.25) is 5.02 Å². The zero-order valence-corrected chi connectivity index (χ0v) is 10.0. The van der Waals surface area contributed by atoms with Gasteiger partial charge in [0.25, 0.3) is 0 Å². The Hall–Kier alpha value is -0.210. The minimum Gasteiger partial charge on any atom is -0.496 e. The predicted molar refractivity (Wildman–Crippen MR) is 60.1 cm³/mol. The Balaban J connectivity index is 3.00. The van der Waals surface area contributed by atoms with Crippen molar-refractivity contribution in [2.75, 3.05) is 7.11 Å². The van der Waals surface area contributed by atoms with Crippen LogP contribution in [0.3, 0.4) is 0 Å². The summed E-state index contributed by atoms with van der Waals surface area (Å²) in [4.78, 5) is 0.404. The molecule has 13 heavy (non-hydrogen) atoms. The van der Waals surface area contributed by atoms with E-state index in [0.29, 0.717) is 4.83 Å². The van der Waals surface area contributed by atoms with Gasteiger partial charge in [-0.25, -0.2) is 0 Å². The summed E-state index contributed by atoms with van der Waals surface area (Å²) in [5.74, 6) is 0.860. The van der Waals surface area contributed by atoms with E-state index in [1.54, 1.807) is 7.11 Å². The Morgan fingerprint density at radius 3 is 2.77 bits per heavy atom. The zero-order valence-electron chi connectivity index (χ0n) is 7.68. The summed E-state index contributed by atoms with van der Waals surface area (Å²) in [5, 5.41) is 0.769. The number of methoxy groups -OCH3 is 1. The van der Waals surface area contributed by atoms with E-state index in [0.717, 1.165) is 22.8 Å². The molecule has 0 aliphatic rings. The topological polar surface area (TPSA) is 9.23 Å². The van der Waals surface area contributed by atoms with E-state index in [2.05, 4.69) is 22.9 Å². The van der Waals surface area contributed by atoms with Gasteiger partial charge in [0.2, 0.25) is 0 Å². The highest BCUT2D eigenvalue weighted by Crippen LogP contribution is 2.28. The molecule has 1 aromatic rings. The minimum absolute atomic E-state index is 0.404. The van der Waals surface area contributed by atoms with Crippen LogP contribution < -0.4 is 4.74 Å². The fraction of sp³-hybridized carbons (Fsp3) is 0.400. The lowest BCUT2D eigenvalue weighted by Crippen LogP contribution is -2.00. The largest absolute Gasteiger partial charge is 0.496 e. The maximum atomic E-state index is 6.05. The number of benzene rings is 1. The first-order chi connectivity index (χ1) is 6.15. The van der Waals surface area contributed by atoms with Crippen LogP contribution in [0.15, 0.2) is 18.2 Å². The van der Waals surface area contributed by atoms with Crippen LogP contribution in [0.5, 0.6) is 5.75 Å². The maximum Gasteiger partial charge on any atom is 0.123 e. The van der Waals surface area contributed by atoms with Crippen molar-refractivity contribution in [1.82, 2.24) is 0 Å². The Morgan fingerprint density at radius 2 is 2.23 bits per heavy atom. The first-order valence-corrected chi connectivity index (χ1v) is 5.40. The summed E-state index contributed by atoms with van der Waals surface area (Å²) in [6.07, 6.45) is 0.878. The van der Waals surface area contributed by atoms with Gasteiger partial charge in [0.15, 0.2) is 0 Å². The van der Waals surface area contributed by atoms with E-state index in [4.69, 9.17) is 16.3 Å². The number of alkyl halides is 1. The van der Waals surface area contributed by atoms with Gasteiger partial charge in [-0.05, 0) is 18.6 Å². The molecule has 1 rings (SSSR count). The third kappa shape index (κ3) is 2.89. The molecule has 0 saturated carbocycles. The second kappa shape index (κ2) is 4.87. The molecule has 0 bridgehead atoms. The molecule has 1 aromatic carbocycles. The normalized spacial score (nSPS) is 12.6. The molecule has 0 radical (unpaired) electrons. The molecule has 1 atom stereocenters. The van der Waals surface area contributed by atoms with Crippen LogP contribution in [0.1, 0.15) is 12.5 Å². The number of hydrogen-bond acceptors (Lipinski definition) is 1. The lowest BCUT2D eigenvalue weighted by Gasteiger charge is -2.11. The fourth-order valence-corrected chi connectivity index (χ4v) is 1.78. The molecule has 0 N–H and O–H groups in total. The van der Waals surface area contributed by atoms with Crippen molar-refractivity contribution in [2.45, 2.75) is 18.2 Å². The van der Waals surface area contributed by atoms with Crippen LogP contribution in [-0.2, 0) is 6.42 Å². The quantitative estimate of drug-likeness (QED) is 0.756. The Morgan fingerprint density at radius 1 is 1.54 bits per heavy atom. The molecule has 0 aliphatic carbocycles.